The molecule has 0 unspecified atom stereocenters. The molecule has 1 aliphatic rings. The highest BCUT2D eigenvalue weighted by atomic mass is 16.5. The van der Waals surface area contributed by atoms with Crippen molar-refractivity contribution in [2.75, 3.05) is 50.0 Å². The third kappa shape index (κ3) is 4.27. The number of fused-ring (bicyclic) bond motifs is 1. The number of nitrogens with zero attached hydrogens (tertiary/aromatic N) is 5. The van der Waals surface area contributed by atoms with Gasteiger partial charge in [0.2, 0.25) is 0 Å². The maximum Gasteiger partial charge on any atom is 0.257 e. The molecule has 1 aliphatic heterocycles. The van der Waals surface area contributed by atoms with Crippen LogP contribution in [0.4, 0.5) is 16.4 Å². The standard InChI is InChI=1S/C20H22N6O4/c21-16-5-4-14-2-1-3-15(17(14)24-16)29-12-13-30-19-18(22-6-7-23-19)25-8-10-26(11-9-25)20(27)28/h1-7H,8-13H2,(H2,21,24)(H,27,28)/p-1. The van der Waals surface area contributed by atoms with Crippen LogP contribution in [0.15, 0.2) is 42.7 Å². The van der Waals surface area contributed by atoms with Crippen molar-refractivity contribution in [3.05, 3.63) is 42.7 Å². The molecule has 30 heavy (non-hydrogen) atoms. The fourth-order valence-electron chi connectivity index (χ4n) is 3.28. The number of benzene rings is 1. The fourth-order valence-corrected chi connectivity index (χ4v) is 3.28. The summed E-state index contributed by atoms with van der Waals surface area (Å²) in [5.74, 6) is 2.01. The van der Waals surface area contributed by atoms with E-state index in [1.165, 1.54) is 4.90 Å². The molecule has 0 atom stereocenters. The molecule has 0 spiro atoms. The van der Waals surface area contributed by atoms with Crippen molar-refractivity contribution in [3.8, 4) is 11.6 Å². The van der Waals surface area contributed by atoms with Gasteiger partial charge in [0, 0.05) is 44.0 Å². The van der Waals surface area contributed by atoms with E-state index in [2.05, 4.69) is 15.0 Å². The summed E-state index contributed by atoms with van der Waals surface area (Å²) in [5, 5.41) is 11.9. The van der Waals surface area contributed by atoms with Crippen LogP contribution in [0.3, 0.4) is 0 Å². The number of aromatic nitrogens is 3. The van der Waals surface area contributed by atoms with Crippen LogP contribution in [0.5, 0.6) is 11.6 Å². The number of hydrogen-bond donors (Lipinski definition) is 1. The van der Waals surface area contributed by atoms with Crippen molar-refractivity contribution in [1.82, 2.24) is 19.9 Å². The lowest BCUT2D eigenvalue weighted by atomic mass is 10.2. The molecule has 3 heterocycles. The SMILES string of the molecule is Nc1ccc2cccc(OCCOc3nccnc3N3CCN(C(=O)[O-])CC3)c2n1. The number of ether oxygens (including phenoxy) is 2. The van der Waals surface area contributed by atoms with Gasteiger partial charge in [0.1, 0.15) is 36.4 Å². The Hall–Kier alpha value is -3.82. The van der Waals surface area contributed by atoms with Gasteiger partial charge >= 0.3 is 0 Å². The van der Waals surface area contributed by atoms with Crippen molar-refractivity contribution in [3.63, 3.8) is 0 Å². The average Bonchev–Trinajstić information content (AvgIpc) is 2.77. The molecule has 10 nitrogen and oxygen atoms in total. The molecule has 1 aromatic carbocycles. The zero-order valence-corrected chi connectivity index (χ0v) is 16.2. The molecular weight excluding hydrogens is 388 g/mol. The van der Waals surface area contributed by atoms with Crippen LogP contribution in [0.1, 0.15) is 0 Å². The lowest BCUT2D eigenvalue weighted by Gasteiger charge is -2.36. The number of anilines is 2. The molecule has 2 aromatic heterocycles. The molecular formula is C20H21N6O4-. The first-order valence-electron chi connectivity index (χ1n) is 9.54. The summed E-state index contributed by atoms with van der Waals surface area (Å²) in [5.41, 5.74) is 6.48. The zero-order chi connectivity index (χ0) is 20.9. The molecule has 0 bridgehead atoms. The number of nitrogens with two attached hydrogens (primary N) is 1. The van der Waals surface area contributed by atoms with E-state index in [1.807, 2.05) is 29.2 Å². The van der Waals surface area contributed by atoms with Gasteiger partial charge in [-0.2, -0.15) is 0 Å². The number of carbonyl (C=O) groups excluding carboxylic acids is 1. The van der Waals surface area contributed by atoms with Crippen LogP contribution in [-0.2, 0) is 0 Å². The topological polar surface area (TPSA) is 130 Å². The number of amides is 1. The van der Waals surface area contributed by atoms with Crippen molar-refractivity contribution < 1.29 is 19.4 Å². The highest BCUT2D eigenvalue weighted by Gasteiger charge is 2.21. The minimum Gasteiger partial charge on any atom is -0.530 e. The van der Waals surface area contributed by atoms with Gasteiger partial charge in [-0.05, 0) is 18.2 Å². The lowest BCUT2D eigenvalue weighted by Crippen LogP contribution is -2.53. The van der Waals surface area contributed by atoms with Crippen molar-refractivity contribution >= 4 is 28.6 Å². The first-order valence-corrected chi connectivity index (χ1v) is 9.54. The Morgan fingerprint density at radius 1 is 1.03 bits per heavy atom. The van der Waals surface area contributed by atoms with E-state index in [-0.39, 0.29) is 13.2 Å². The summed E-state index contributed by atoms with van der Waals surface area (Å²) in [4.78, 5) is 27.1. The van der Waals surface area contributed by atoms with Gasteiger partial charge in [-0.3, -0.25) is 0 Å². The number of carboxylic acid groups (broad SMARTS) is 1. The molecule has 1 fully saturated rings. The smallest absolute Gasteiger partial charge is 0.257 e. The van der Waals surface area contributed by atoms with Gasteiger partial charge < -0.3 is 34.9 Å². The summed E-state index contributed by atoms with van der Waals surface area (Å²) in [6, 6.07) is 9.31. The molecule has 1 saturated heterocycles. The number of carbonyl (C=O) groups is 1. The number of nitrogen functional groups attached to an aromatic ring is 1. The fraction of sp³-hybridized carbons (Fsp3) is 0.300. The van der Waals surface area contributed by atoms with Gasteiger partial charge in [-0.15, -0.1) is 0 Å². The average molecular weight is 409 g/mol. The Morgan fingerprint density at radius 3 is 2.60 bits per heavy atom. The second kappa shape index (κ2) is 8.68. The van der Waals surface area contributed by atoms with Crippen molar-refractivity contribution in [2.24, 2.45) is 0 Å². The number of rotatable bonds is 6. The van der Waals surface area contributed by atoms with E-state index in [1.54, 1.807) is 18.5 Å². The molecule has 0 aliphatic carbocycles. The normalized spacial score (nSPS) is 14.0. The molecule has 10 heteroatoms. The second-order valence-corrected chi connectivity index (χ2v) is 6.69. The van der Waals surface area contributed by atoms with E-state index in [4.69, 9.17) is 15.2 Å². The molecule has 4 rings (SSSR count). The largest absolute Gasteiger partial charge is 0.530 e. The second-order valence-electron chi connectivity index (χ2n) is 6.69. The Kier molecular flexibility index (Phi) is 5.64. The van der Waals surface area contributed by atoms with E-state index in [0.717, 1.165) is 5.39 Å². The third-order valence-corrected chi connectivity index (χ3v) is 4.77. The van der Waals surface area contributed by atoms with Crippen LogP contribution in [0, 0.1) is 0 Å². The highest BCUT2D eigenvalue weighted by molar-refractivity contribution is 5.85. The van der Waals surface area contributed by atoms with Gasteiger partial charge in [0.25, 0.3) is 5.88 Å². The van der Waals surface area contributed by atoms with Crippen molar-refractivity contribution in [2.45, 2.75) is 0 Å². The number of piperazine rings is 1. The zero-order valence-electron chi connectivity index (χ0n) is 16.2. The minimum absolute atomic E-state index is 0.253. The molecule has 0 saturated carbocycles. The van der Waals surface area contributed by atoms with E-state index in [9.17, 15) is 9.90 Å². The molecule has 156 valence electrons. The highest BCUT2D eigenvalue weighted by Crippen LogP contribution is 2.26. The molecule has 0 radical (unpaired) electrons. The quantitative estimate of drug-likeness (QED) is 0.579. The summed E-state index contributed by atoms with van der Waals surface area (Å²) in [6.45, 7) is 2.20. The maximum atomic E-state index is 11.0. The number of pyridine rings is 1. The summed E-state index contributed by atoms with van der Waals surface area (Å²) in [6.07, 6.45) is 1.97. The Labute approximate surface area is 172 Å². The van der Waals surface area contributed by atoms with Crippen molar-refractivity contribution in [1.29, 1.82) is 0 Å². The van der Waals surface area contributed by atoms with Crippen LogP contribution in [-0.4, -0.2) is 65.3 Å². The Morgan fingerprint density at radius 2 is 1.80 bits per heavy atom. The first kappa shape index (κ1) is 19.5. The predicted octanol–water partition coefficient (Wildman–Crippen LogP) is 0.530. The molecule has 1 amide bonds. The lowest BCUT2D eigenvalue weighted by molar-refractivity contribution is -0.265. The van der Waals surface area contributed by atoms with Crippen LogP contribution in [0.2, 0.25) is 0 Å². The van der Waals surface area contributed by atoms with E-state index < -0.39 is 6.09 Å². The van der Waals surface area contributed by atoms with Crippen LogP contribution in [0.25, 0.3) is 10.9 Å². The third-order valence-electron chi connectivity index (χ3n) is 4.77. The van der Waals surface area contributed by atoms with Gasteiger partial charge in [-0.25, -0.2) is 15.0 Å². The van der Waals surface area contributed by atoms with E-state index >= 15 is 0 Å². The van der Waals surface area contributed by atoms with E-state index in [0.29, 0.717) is 55.0 Å². The first-order chi connectivity index (χ1) is 14.6. The monoisotopic (exact) mass is 409 g/mol. The van der Waals surface area contributed by atoms with Gasteiger partial charge in [-0.1, -0.05) is 12.1 Å². The maximum absolute atomic E-state index is 11.0. The number of para-hydroxylation sites is 1. The Balaban J connectivity index is 1.36. The van der Waals surface area contributed by atoms with Gasteiger partial charge in [0.05, 0.1) is 0 Å². The van der Waals surface area contributed by atoms with Crippen LogP contribution >= 0.6 is 0 Å². The predicted molar refractivity (Wildman–Crippen MR) is 108 cm³/mol. The summed E-state index contributed by atoms with van der Waals surface area (Å²) >= 11 is 0. The summed E-state index contributed by atoms with van der Waals surface area (Å²) < 4.78 is 11.6. The van der Waals surface area contributed by atoms with Gasteiger partial charge in [0.15, 0.2) is 5.82 Å². The Bertz CT molecular complexity index is 1040. The summed E-state index contributed by atoms with van der Waals surface area (Å²) in [7, 11) is 0. The van der Waals surface area contributed by atoms with Crippen LogP contribution < -0.4 is 25.2 Å². The minimum atomic E-state index is -1.16. The molecule has 2 N–H and O–H groups in total. The number of hydrogen-bond acceptors (Lipinski definition) is 9. The molecule has 3 aromatic rings.